The van der Waals surface area contributed by atoms with E-state index in [2.05, 4.69) is 20.7 Å². The van der Waals surface area contributed by atoms with Crippen molar-refractivity contribution in [3.05, 3.63) is 33.1 Å². The number of carbonyl (C=O) groups is 3. The van der Waals surface area contributed by atoms with Crippen LogP contribution < -0.4 is 4.90 Å². The Labute approximate surface area is 175 Å². The lowest BCUT2D eigenvalue weighted by molar-refractivity contribution is -0.141. The summed E-state index contributed by atoms with van der Waals surface area (Å²) < 4.78 is 5.84. The molecule has 0 atom stereocenters. The molecule has 1 fully saturated rings. The van der Waals surface area contributed by atoms with E-state index in [0.29, 0.717) is 34.3 Å². The van der Waals surface area contributed by atoms with Crippen LogP contribution in [0.1, 0.15) is 25.3 Å². The highest BCUT2D eigenvalue weighted by Gasteiger charge is 2.41. The maximum Gasteiger partial charge on any atom is 0.305 e. The van der Waals surface area contributed by atoms with Crippen LogP contribution >= 0.6 is 39.9 Å². The number of methoxy groups -OCH3 is 1. The highest BCUT2D eigenvalue weighted by atomic mass is 79.9. The number of amides is 2. The van der Waals surface area contributed by atoms with Gasteiger partial charge in [-0.15, -0.1) is 0 Å². The number of esters is 1. The molecule has 1 aromatic carbocycles. The van der Waals surface area contributed by atoms with Crippen molar-refractivity contribution < 1.29 is 19.1 Å². The summed E-state index contributed by atoms with van der Waals surface area (Å²) in [6.07, 6.45) is 0.649. The van der Waals surface area contributed by atoms with Gasteiger partial charge in [-0.05, 0) is 31.5 Å². The van der Waals surface area contributed by atoms with Crippen LogP contribution in [0.2, 0.25) is 0 Å². The average molecular weight is 469 g/mol. The molecule has 2 aliphatic rings. The molecule has 0 N–H and O–H groups in total. The van der Waals surface area contributed by atoms with Gasteiger partial charge >= 0.3 is 5.97 Å². The van der Waals surface area contributed by atoms with Crippen molar-refractivity contribution >= 4 is 73.3 Å². The van der Waals surface area contributed by atoms with Gasteiger partial charge in [0.05, 0.1) is 23.3 Å². The van der Waals surface area contributed by atoms with Crippen LogP contribution in [-0.4, -0.2) is 47.2 Å². The molecule has 6 nitrogen and oxygen atoms in total. The predicted octanol–water partition coefficient (Wildman–Crippen LogP) is 3.34. The zero-order valence-electron chi connectivity index (χ0n) is 14.8. The summed E-state index contributed by atoms with van der Waals surface area (Å²) in [6, 6.07) is 5.59. The second kappa shape index (κ2) is 8.12. The first-order valence-electron chi connectivity index (χ1n) is 8.35. The van der Waals surface area contributed by atoms with Crippen LogP contribution in [0, 0.1) is 0 Å². The van der Waals surface area contributed by atoms with Crippen molar-refractivity contribution in [2.24, 2.45) is 0 Å². The molecular weight excluding hydrogens is 452 g/mol. The zero-order chi connectivity index (χ0) is 19.7. The van der Waals surface area contributed by atoms with E-state index >= 15 is 0 Å². The number of nitrogens with zero attached hydrogens (tertiary/aromatic N) is 2. The number of hydrogen-bond acceptors (Lipinski definition) is 6. The van der Waals surface area contributed by atoms with Crippen LogP contribution in [0.15, 0.2) is 27.6 Å². The summed E-state index contributed by atoms with van der Waals surface area (Å²) in [5.74, 6) is -0.815. The van der Waals surface area contributed by atoms with E-state index in [1.165, 1.54) is 12.0 Å². The van der Waals surface area contributed by atoms with E-state index in [0.717, 1.165) is 27.5 Å². The number of halogens is 1. The summed E-state index contributed by atoms with van der Waals surface area (Å²) in [5.41, 5.74) is 1.91. The number of carbonyl (C=O) groups excluding carboxylic acids is 3. The van der Waals surface area contributed by atoms with Crippen molar-refractivity contribution in [3.8, 4) is 0 Å². The topological polar surface area (TPSA) is 66.9 Å². The number of likely N-dealkylation sites (N-methyl/N-ethyl adjacent to an activating group) is 1. The lowest BCUT2D eigenvalue weighted by atomic mass is 10.1. The SMILES string of the molecule is CCN1C(=O)/C(=C2\SC(=S)N(CCCC(=O)OC)C2=O)c2cc(Br)ccc21. The molecule has 2 amide bonds. The van der Waals surface area contributed by atoms with Gasteiger partial charge in [-0.1, -0.05) is 39.9 Å². The number of thioether (sulfide) groups is 1. The number of rotatable bonds is 5. The number of thiocarbonyl (C=S) groups is 1. The van der Waals surface area contributed by atoms with Crippen LogP contribution in [0.3, 0.4) is 0 Å². The Bertz CT molecular complexity index is 884. The molecule has 2 heterocycles. The standard InChI is InChI=1S/C18H17BrN2O4S2/c1-3-20-12-7-6-10(19)9-11(12)14(16(20)23)15-17(24)21(18(26)27-15)8-4-5-13(22)25-2/h6-7,9H,3-5,8H2,1-2H3/b15-14-. The van der Waals surface area contributed by atoms with Crippen LogP contribution in [0.5, 0.6) is 0 Å². The number of anilines is 1. The van der Waals surface area contributed by atoms with Crippen molar-refractivity contribution in [1.82, 2.24) is 4.90 Å². The quantitative estimate of drug-likeness (QED) is 0.375. The van der Waals surface area contributed by atoms with Gasteiger partial charge in [-0.3, -0.25) is 19.3 Å². The Hall–Kier alpha value is -1.71. The fourth-order valence-corrected chi connectivity index (χ4v) is 4.80. The van der Waals surface area contributed by atoms with Gasteiger partial charge in [0.2, 0.25) is 0 Å². The van der Waals surface area contributed by atoms with Gasteiger partial charge in [0.15, 0.2) is 0 Å². The first-order valence-corrected chi connectivity index (χ1v) is 10.4. The van der Waals surface area contributed by atoms with E-state index in [4.69, 9.17) is 12.2 Å². The molecule has 2 aliphatic heterocycles. The first kappa shape index (κ1) is 20.0. The largest absolute Gasteiger partial charge is 0.469 e. The molecule has 0 bridgehead atoms. The smallest absolute Gasteiger partial charge is 0.305 e. The first-order chi connectivity index (χ1) is 12.9. The molecule has 142 valence electrons. The third-order valence-electron chi connectivity index (χ3n) is 4.36. The number of hydrogen-bond donors (Lipinski definition) is 0. The molecule has 0 aliphatic carbocycles. The van der Waals surface area contributed by atoms with Gasteiger partial charge in [0.1, 0.15) is 4.32 Å². The Morgan fingerprint density at radius 3 is 2.67 bits per heavy atom. The van der Waals surface area contributed by atoms with Gasteiger partial charge in [0, 0.05) is 29.5 Å². The molecule has 3 rings (SSSR count). The maximum atomic E-state index is 13.0. The maximum absolute atomic E-state index is 13.0. The Morgan fingerprint density at radius 1 is 1.26 bits per heavy atom. The van der Waals surface area contributed by atoms with E-state index in [1.54, 1.807) is 4.90 Å². The molecule has 0 saturated carbocycles. The Balaban J connectivity index is 1.93. The summed E-state index contributed by atoms with van der Waals surface area (Å²) in [6.45, 7) is 2.72. The fourth-order valence-electron chi connectivity index (χ4n) is 3.06. The Morgan fingerprint density at radius 2 is 2.00 bits per heavy atom. The van der Waals surface area contributed by atoms with E-state index < -0.39 is 0 Å². The van der Waals surface area contributed by atoms with Crippen molar-refractivity contribution in [2.75, 3.05) is 25.1 Å². The highest BCUT2D eigenvalue weighted by Crippen LogP contribution is 2.45. The zero-order valence-corrected chi connectivity index (χ0v) is 18.0. The van der Waals surface area contributed by atoms with Crippen molar-refractivity contribution in [2.45, 2.75) is 19.8 Å². The second-order valence-electron chi connectivity index (χ2n) is 5.92. The number of fused-ring (bicyclic) bond motifs is 1. The molecule has 27 heavy (non-hydrogen) atoms. The van der Waals surface area contributed by atoms with Crippen LogP contribution in [-0.2, 0) is 19.1 Å². The van der Waals surface area contributed by atoms with Gasteiger partial charge < -0.3 is 9.64 Å². The third-order valence-corrected chi connectivity index (χ3v) is 6.30. The minimum Gasteiger partial charge on any atom is -0.469 e. The average Bonchev–Trinajstić information content (AvgIpc) is 3.07. The lowest BCUT2D eigenvalue weighted by Crippen LogP contribution is -2.30. The summed E-state index contributed by atoms with van der Waals surface area (Å²) in [7, 11) is 1.33. The predicted molar refractivity (Wildman–Crippen MR) is 112 cm³/mol. The molecular formula is C18H17BrN2O4S2. The third kappa shape index (κ3) is 3.68. The molecule has 0 spiro atoms. The van der Waals surface area contributed by atoms with Crippen molar-refractivity contribution in [1.29, 1.82) is 0 Å². The Kier molecular flexibility index (Phi) is 6.02. The van der Waals surface area contributed by atoms with Gasteiger partial charge in [-0.2, -0.15) is 0 Å². The highest BCUT2D eigenvalue weighted by molar-refractivity contribution is 9.10. The summed E-state index contributed by atoms with van der Waals surface area (Å²) >= 11 is 9.91. The minimum absolute atomic E-state index is 0.194. The number of benzene rings is 1. The minimum atomic E-state index is -0.331. The van der Waals surface area contributed by atoms with E-state index in [1.807, 2.05) is 25.1 Å². The molecule has 1 saturated heterocycles. The molecule has 0 unspecified atom stereocenters. The van der Waals surface area contributed by atoms with E-state index in [9.17, 15) is 14.4 Å². The van der Waals surface area contributed by atoms with Gasteiger partial charge in [0.25, 0.3) is 11.8 Å². The van der Waals surface area contributed by atoms with Crippen LogP contribution in [0.25, 0.3) is 5.57 Å². The van der Waals surface area contributed by atoms with E-state index in [-0.39, 0.29) is 24.2 Å². The summed E-state index contributed by atoms with van der Waals surface area (Å²) in [5, 5.41) is 0. The van der Waals surface area contributed by atoms with Crippen molar-refractivity contribution in [3.63, 3.8) is 0 Å². The molecule has 1 aromatic rings. The molecule has 9 heteroatoms. The summed E-state index contributed by atoms with van der Waals surface area (Å²) in [4.78, 5) is 40.6. The number of ether oxygens (including phenoxy) is 1. The second-order valence-corrected chi connectivity index (χ2v) is 8.48. The molecule has 0 radical (unpaired) electrons. The molecule has 0 aromatic heterocycles. The monoisotopic (exact) mass is 468 g/mol. The fraction of sp³-hybridized carbons (Fsp3) is 0.333. The van der Waals surface area contributed by atoms with Gasteiger partial charge in [-0.25, -0.2) is 0 Å². The lowest BCUT2D eigenvalue weighted by Gasteiger charge is -2.14. The normalized spacial score (nSPS) is 19.1. The van der Waals surface area contributed by atoms with Crippen LogP contribution in [0.4, 0.5) is 5.69 Å².